The molecule has 0 bridgehead atoms. The number of hydrogen-bond acceptors (Lipinski definition) is 2. The molecule has 3 heteroatoms. The van der Waals surface area contributed by atoms with E-state index in [-0.39, 0.29) is 5.75 Å². The van der Waals surface area contributed by atoms with Gasteiger partial charge in [-0.15, -0.1) is 0 Å². The third-order valence-corrected chi connectivity index (χ3v) is 1.27. The predicted molar refractivity (Wildman–Crippen MR) is 37.3 cm³/mol. The lowest BCUT2D eigenvalue weighted by molar-refractivity contribution is 0.471. The lowest BCUT2D eigenvalue weighted by Crippen LogP contribution is -1.90. The van der Waals surface area contributed by atoms with Crippen LogP contribution in [0.2, 0.25) is 0 Å². The van der Waals surface area contributed by atoms with Crippen LogP contribution in [0.4, 0.5) is 10.1 Å². The minimum Gasteiger partial charge on any atom is -0.508 e. The van der Waals surface area contributed by atoms with Gasteiger partial charge in [-0.25, -0.2) is 4.39 Å². The Morgan fingerprint density at radius 1 is 1.50 bits per heavy atom. The van der Waals surface area contributed by atoms with Crippen LogP contribution in [-0.2, 0) is 6.67 Å². The van der Waals surface area contributed by atoms with E-state index < -0.39 is 6.67 Å². The summed E-state index contributed by atoms with van der Waals surface area (Å²) in [7, 11) is 0. The van der Waals surface area contributed by atoms with Crippen LogP contribution in [0.15, 0.2) is 18.2 Å². The van der Waals surface area contributed by atoms with Gasteiger partial charge in [0.15, 0.2) is 0 Å². The number of alkyl halides is 1. The number of benzene rings is 1. The fraction of sp³-hybridized carbons (Fsp3) is 0.143. The smallest absolute Gasteiger partial charge is 0.117 e. The van der Waals surface area contributed by atoms with E-state index in [9.17, 15) is 4.39 Å². The van der Waals surface area contributed by atoms with Crippen molar-refractivity contribution < 1.29 is 9.50 Å². The molecule has 0 spiro atoms. The molecule has 0 fully saturated rings. The van der Waals surface area contributed by atoms with E-state index in [1.165, 1.54) is 18.2 Å². The molecule has 0 aliphatic rings. The van der Waals surface area contributed by atoms with E-state index in [2.05, 4.69) is 0 Å². The Morgan fingerprint density at radius 3 is 2.70 bits per heavy atom. The summed E-state index contributed by atoms with van der Waals surface area (Å²) >= 11 is 0. The zero-order chi connectivity index (χ0) is 7.56. The van der Waals surface area contributed by atoms with Crippen LogP contribution in [0.3, 0.4) is 0 Å². The van der Waals surface area contributed by atoms with Gasteiger partial charge in [-0.05, 0) is 6.07 Å². The molecule has 0 saturated heterocycles. The van der Waals surface area contributed by atoms with Crippen molar-refractivity contribution in [2.75, 3.05) is 5.73 Å². The summed E-state index contributed by atoms with van der Waals surface area (Å²) in [5.74, 6) is 0.0645. The first-order valence-corrected chi connectivity index (χ1v) is 2.87. The summed E-state index contributed by atoms with van der Waals surface area (Å²) in [5.41, 5.74) is 6.04. The largest absolute Gasteiger partial charge is 0.508 e. The summed E-state index contributed by atoms with van der Waals surface area (Å²) < 4.78 is 12.0. The molecule has 1 rings (SSSR count). The molecule has 2 nitrogen and oxygen atoms in total. The molecule has 0 radical (unpaired) electrons. The van der Waals surface area contributed by atoms with E-state index in [1.807, 2.05) is 0 Å². The van der Waals surface area contributed by atoms with Crippen LogP contribution in [0.5, 0.6) is 5.75 Å². The van der Waals surface area contributed by atoms with Crippen LogP contribution in [0, 0.1) is 0 Å². The molecule has 3 N–H and O–H groups in total. The van der Waals surface area contributed by atoms with Gasteiger partial charge in [-0.2, -0.15) is 0 Å². The van der Waals surface area contributed by atoms with Crippen LogP contribution >= 0.6 is 0 Å². The van der Waals surface area contributed by atoms with Gasteiger partial charge in [-0.1, -0.05) is 6.07 Å². The van der Waals surface area contributed by atoms with Crippen molar-refractivity contribution in [1.82, 2.24) is 0 Å². The second-order valence-electron chi connectivity index (χ2n) is 2.02. The molecule has 0 unspecified atom stereocenters. The molecule has 0 amide bonds. The van der Waals surface area contributed by atoms with Crippen molar-refractivity contribution in [2.24, 2.45) is 0 Å². The van der Waals surface area contributed by atoms with Crippen molar-refractivity contribution >= 4 is 5.69 Å². The Labute approximate surface area is 58.1 Å². The Hall–Kier alpha value is -1.25. The van der Waals surface area contributed by atoms with Crippen molar-refractivity contribution in [3.8, 4) is 5.75 Å². The zero-order valence-electron chi connectivity index (χ0n) is 5.34. The van der Waals surface area contributed by atoms with Gasteiger partial charge in [0.1, 0.15) is 12.4 Å². The number of anilines is 1. The average Bonchev–Trinajstić information content (AvgIpc) is 1.88. The van der Waals surface area contributed by atoms with E-state index in [1.54, 1.807) is 0 Å². The summed E-state index contributed by atoms with van der Waals surface area (Å²) in [4.78, 5) is 0. The highest BCUT2D eigenvalue weighted by Crippen LogP contribution is 2.18. The topological polar surface area (TPSA) is 46.2 Å². The monoisotopic (exact) mass is 141 g/mol. The highest BCUT2D eigenvalue weighted by Gasteiger charge is 1.97. The first kappa shape index (κ1) is 6.86. The van der Waals surface area contributed by atoms with E-state index >= 15 is 0 Å². The average molecular weight is 141 g/mol. The molecule has 0 heterocycles. The van der Waals surface area contributed by atoms with Crippen LogP contribution < -0.4 is 5.73 Å². The van der Waals surface area contributed by atoms with Gasteiger partial charge >= 0.3 is 0 Å². The molecule has 0 aliphatic carbocycles. The minimum atomic E-state index is -0.591. The van der Waals surface area contributed by atoms with Crippen molar-refractivity contribution in [2.45, 2.75) is 6.67 Å². The molecular weight excluding hydrogens is 133 g/mol. The molecule has 54 valence electrons. The van der Waals surface area contributed by atoms with Gasteiger partial charge in [-0.3, -0.25) is 0 Å². The summed E-state index contributed by atoms with van der Waals surface area (Å²) in [5, 5.41) is 8.83. The van der Waals surface area contributed by atoms with E-state index in [4.69, 9.17) is 10.8 Å². The zero-order valence-corrected chi connectivity index (χ0v) is 5.34. The molecule has 0 atom stereocenters. The number of nitrogens with two attached hydrogens (primary N) is 1. The molecular formula is C7H8FNO. The third kappa shape index (κ3) is 1.18. The van der Waals surface area contributed by atoms with Crippen molar-refractivity contribution in [1.29, 1.82) is 0 Å². The van der Waals surface area contributed by atoms with Crippen LogP contribution in [0.1, 0.15) is 5.56 Å². The van der Waals surface area contributed by atoms with Gasteiger partial charge in [0.05, 0.1) is 0 Å². The van der Waals surface area contributed by atoms with Crippen molar-refractivity contribution in [3.05, 3.63) is 23.8 Å². The Bertz CT molecular complexity index is 237. The maximum Gasteiger partial charge on any atom is 0.117 e. The first-order valence-electron chi connectivity index (χ1n) is 2.87. The van der Waals surface area contributed by atoms with Gasteiger partial charge in [0.2, 0.25) is 0 Å². The first-order chi connectivity index (χ1) is 4.74. The fourth-order valence-corrected chi connectivity index (χ4v) is 0.704. The molecule has 0 aliphatic heterocycles. The van der Waals surface area contributed by atoms with Crippen LogP contribution in [-0.4, -0.2) is 5.11 Å². The highest BCUT2D eigenvalue weighted by molar-refractivity contribution is 5.50. The quantitative estimate of drug-likeness (QED) is 0.581. The summed E-state index contributed by atoms with van der Waals surface area (Å²) in [6.45, 7) is -0.591. The maximum absolute atomic E-state index is 12.0. The third-order valence-electron chi connectivity index (χ3n) is 1.27. The summed E-state index contributed by atoms with van der Waals surface area (Å²) in [6.07, 6.45) is 0. The van der Waals surface area contributed by atoms with Crippen LogP contribution in [0.25, 0.3) is 0 Å². The number of halogens is 1. The highest BCUT2D eigenvalue weighted by atomic mass is 19.1. The molecule has 1 aromatic rings. The molecule has 0 aromatic heterocycles. The second kappa shape index (κ2) is 2.56. The normalized spacial score (nSPS) is 9.70. The lowest BCUT2D eigenvalue weighted by Gasteiger charge is -1.99. The fourth-order valence-electron chi connectivity index (χ4n) is 0.704. The number of hydrogen-bond donors (Lipinski definition) is 2. The number of phenolic OH excluding ortho intramolecular Hbond substituents is 1. The van der Waals surface area contributed by atoms with E-state index in [0.717, 1.165) is 0 Å². The van der Waals surface area contributed by atoms with Gasteiger partial charge < -0.3 is 10.8 Å². The molecule has 1 aromatic carbocycles. The Kier molecular flexibility index (Phi) is 1.76. The van der Waals surface area contributed by atoms with Crippen molar-refractivity contribution in [3.63, 3.8) is 0 Å². The lowest BCUT2D eigenvalue weighted by atomic mass is 10.2. The Morgan fingerprint density at radius 2 is 2.20 bits per heavy atom. The Balaban J connectivity index is 3.07. The number of phenols is 1. The number of nitrogen functional groups attached to an aromatic ring is 1. The van der Waals surface area contributed by atoms with E-state index in [0.29, 0.717) is 11.3 Å². The van der Waals surface area contributed by atoms with Gasteiger partial charge in [0, 0.05) is 17.3 Å². The standard InChI is InChI=1S/C7H8FNO/c8-4-5-1-2-6(10)3-7(5)9/h1-3,10H,4,9H2. The van der Waals surface area contributed by atoms with Gasteiger partial charge in [0.25, 0.3) is 0 Å². The number of rotatable bonds is 1. The minimum absolute atomic E-state index is 0.0645. The maximum atomic E-state index is 12.0. The predicted octanol–water partition coefficient (Wildman–Crippen LogP) is 1.44. The summed E-state index contributed by atoms with van der Waals surface area (Å²) in [6, 6.07) is 4.20. The second-order valence-corrected chi connectivity index (χ2v) is 2.02. The SMILES string of the molecule is Nc1cc(O)ccc1CF. The molecule has 10 heavy (non-hydrogen) atoms. The molecule has 0 saturated carbocycles. The number of aromatic hydroxyl groups is 1.